The van der Waals surface area contributed by atoms with Crippen LogP contribution in [0.15, 0.2) is 23.0 Å². The summed E-state index contributed by atoms with van der Waals surface area (Å²) < 4.78 is 0. The molecule has 0 amide bonds. The van der Waals surface area contributed by atoms with Crippen LogP contribution in [-0.4, -0.2) is 28.3 Å². The van der Waals surface area contributed by atoms with E-state index in [0.29, 0.717) is 23.1 Å². The fourth-order valence-corrected chi connectivity index (χ4v) is 1.60. The number of fused-ring (bicyclic) bond motifs is 1. The lowest BCUT2D eigenvalue weighted by molar-refractivity contribution is 0.0988. The van der Waals surface area contributed by atoms with Crippen LogP contribution < -0.4 is 11.0 Å². The zero-order chi connectivity index (χ0) is 12.4. The van der Waals surface area contributed by atoms with Crippen molar-refractivity contribution in [2.75, 3.05) is 6.54 Å². The number of hydrogen-bond acceptors (Lipinski definition) is 3. The summed E-state index contributed by atoms with van der Waals surface area (Å²) in [6.45, 7) is 4.28. The van der Waals surface area contributed by atoms with Gasteiger partial charge < -0.3 is 15.3 Å². The van der Waals surface area contributed by atoms with Gasteiger partial charge in [0.1, 0.15) is 0 Å². The Hall–Kier alpha value is -1.88. The highest BCUT2D eigenvalue weighted by Crippen LogP contribution is 2.10. The summed E-state index contributed by atoms with van der Waals surface area (Å²) >= 11 is 0. The van der Waals surface area contributed by atoms with E-state index in [1.165, 1.54) is 0 Å². The average Bonchev–Trinajstić information content (AvgIpc) is 2.64. The molecule has 0 atom stereocenters. The minimum absolute atomic E-state index is 0.0163. The first-order chi connectivity index (χ1) is 8.06. The lowest BCUT2D eigenvalue weighted by Gasteiger charge is -2.06. The van der Waals surface area contributed by atoms with E-state index < -0.39 is 0 Å². The Labute approximate surface area is 98.2 Å². The van der Waals surface area contributed by atoms with Gasteiger partial charge in [0.25, 0.3) is 0 Å². The fraction of sp³-hybridized carbons (Fsp3) is 0.333. The molecule has 0 unspecified atom stereocenters. The second kappa shape index (κ2) is 4.55. The minimum atomic E-state index is -0.259. The Balaban J connectivity index is 2.23. The molecule has 2 aromatic rings. The van der Waals surface area contributed by atoms with Gasteiger partial charge in [-0.2, -0.15) is 0 Å². The summed E-state index contributed by atoms with van der Waals surface area (Å²) in [6, 6.07) is 5.42. The lowest BCUT2D eigenvalue weighted by atomic mass is 10.1. The Morgan fingerprint density at radius 2 is 2.00 bits per heavy atom. The van der Waals surface area contributed by atoms with Crippen molar-refractivity contribution >= 4 is 16.8 Å². The van der Waals surface area contributed by atoms with E-state index in [9.17, 15) is 9.59 Å². The Bertz CT molecular complexity index is 595. The zero-order valence-corrected chi connectivity index (χ0v) is 9.83. The second-order valence-electron chi connectivity index (χ2n) is 4.30. The van der Waals surface area contributed by atoms with E-state index in [1.807, 2.05) is 13.8 Å². The molecule has 0 aliphatic rings. The molecule has 1 aromatic carbocycles. The molecule has 0 saturated heterocycles. The molecule has 0 saturated carbocycles. The largest absolute Gasteiger partial charge is 0.323 e. The monoisotopic (exact) mass is 233 g/mol. The highest BCUT2D eigenvalue weighted by Gasteiger charge is 2.08. The predicted molar refractivity (Wildman–Crippen MR) is 66.4 cm³/mol. The maximum absolute atomic E-state index is 11.8. The van der Waals surface area contributed by atoms with Gasteiger partial charge in [-0.05, 0) is 18.2 Å². The van der Waals surface area contributed by atoms with Crippen molar-refractivity contribution in [2.24, 2.45) is 0 Å². The van der Waals surface area contributed by atoms with Gasteiger partial charge in [-0.25, -0.2) is 4.79 Å². The van der Waals surface area contributed by atoms with E-state index in [4.69, 9.17) is 0 Å². The van der Waals surface area contributed by atoms with Gasteiger partial charge >= 0.3 is 5.69 Å². The first kappa shape index (κ1) is 11.6. The number of carbonyl (C=O) groups excluding carboxylic acids is 1. The quantitative estimate of drug-likeness (QED) is 0.690. The third-order valence-corrected chi connectivity index (χ3v) is 2.51. The van der Waals surface area contributed by atoms with Crippen LogP contribution in [0.3, 0.4) is 0 Å². The maximum atomic E-state index is 11.8. The molecular formula is C12H15N3O2. The van der Waals surface area contributed by atoms with Crippen molar-refractivity contribution in [3.05, 3.63) is 34.2 Å². The van der Waals surface area contributed by atoms with E-state index in [-0.39, 0.29) is 17.5 Å². The highest BCUT2D eigenvalue weighted by molar-refractivity contribution is 6.00. The molecule has 1 heterocycles. The number of aromatic nitrogens is 2. The van der Waals surface area contributed by atoms with Gasteiger partial charge in [0.2, 0.25) is 0 Å². The molecule has 0 fully saturated rings. The molecule has 90 valence electrons. The van der Waals surface area contributed by atoms with Crippen LogP contribution in [0, 0.1) is 0 Å². The molecular weight excluding hydrogens is 218 g/mol. The van der Waals surface area contributed by atoms with Crippen LogP contribution in [0.1, 0.15) is 24.2 Å². The number of hydrogen-bond donors (Lipinski definition) is 3. The smallest absolute Gasteiger partial charge is 0.307 e. The standard InChI is InChI=1S/C12H15N3O2/c1-7(2)13-6-11(16)8-3-4-9-10(5-8)15-12(17)14-9/h3-5,7,13H,6H2,1-2H3,(H2,14,15,17). The third-order valence-electron chi connectivity index (χ3n) is 2.51. The van der Waals surface area contributed by atoms with Crippen molar-refractivity contribution in [1.82, 2.24) is 15.3 Å². The molecule has 1 aromatic heterocycles. The number of aromatic amines is 2. The third kappa shape index (κ3) is 2.62. The zero-order valence-electron chi connectivity index (χ0n) is 9.83. The number of H-pyrrole nitrogens is 2. The Morgan fingerprint density at radius 3 is 2.71 bits per heavy atom. The van der Waals surface area contributed by atoms with Gasteiger partial charge in [-0.3, -0.25) is 4.79 Å². The number of carbonyl (C=O) groups is 1. The van der Waals surface area contributed by atoms with Crippen molar-refractivity contribution < 1.29 is 4.79 Å². The fourth-order valence-electron chi connectivity index (χ4n) is 1.60. The number of nitrogens with one attached hydrogen (secondary N) is 3. The van der Waals surface area contributed by atoms with E-state index in [1.54, 1.807) is 18.2 Å². The normalized spacial score (nSPS) is 11.2. The molecule has 0 aliphatic carbocycles. The van der Waals surface area contributed by atoms with Gasteiger partial charge in [-0.1, -0.05) is 13.8 Å². The van der Waals surface area contributed by atoms with Crippen LogP contribution in [0.4, 0.5) is 0 Å². The van der Waals surface area contributed by atoms with Gasteiger partial charge in [0, 0.05) is 11.6 Å². The first-order valence-electron chi connectivity index (χ1n) is 5.55. The van der Waals surface area contributed by atoms with Crippen molar-refractivity contribution in [3.63, 3.8) is 0 Å². The Morgan fingerprint density at radius 1 is 1.29 bits per heavy atom. The molecule has 2 rings (SSSR count). The van der Waals surface area contributed by atoms with Crippen LogP contribution in [0.5, 0.6) is 0 Å². The topological polar surface area (TPSA) is 77.8 Å². The predicted octanol–water partition coefficient (Wildman–Crippen LogP) is 1.04. The summed E-state index contributed by atoms with van der Waals surface area (Å²) in [6.07, 6.45) is 0. The molecule has 0 radical (unpaired) electrons. The lowest BCUT2D eigenvalue weighted by Crippen LogP contribution is -2.29. The van der Waals surface area contributed by atoms with Crippen LogP contribution in [0.2, 0.25) is 0 Å². The number of Topliss-reactive ketones (excluding diaryl/α,β-unsaturated/α-hetero) is 1. The molecule has 3 N–H and O–H groups in total. The number of benzene rings is 1. The van der Waals surface area contributed by atoms with Crippen LogP contribution in [-0.2, 0) is 0 Å². The van der Waals surface area contributed by atoms with E-state index in [0.717, 1.165) is 0 Å². The first-order valence-corrected chi connectivity index (χ1v) is 5.55. The average molecular weight is 233 g/mol. The van der Waals surface area contributed by atoms with Gasteiger partial charge in [0.05, 0.1) is 17.6 Å². The Kier molecular flexibility index (Phi) is 3.10. The van der Waals surface area contributed by atoms with Crippen molar-refractivity contribution in [1.29, 1.82) is 0 Å². The van der Waals surface area contributed by atoms with E-state index in [2.05, 4.69) is 15.3 Å². The van der Waals surface area contributed by atoms with Crippen LogP contribution >= 0.6 is 0 Å². The molecule has 5 heteroatoms. The van der Waals surface area contributed by atoms with E-state index >= 15 is 0 Å². The number of imidazole rings is 1. The summed E-state index contributed by atoms with van der Waals surface area (Å²) in [7, 11) is 0. The van der Waals surface area contributed by atoms with Gasteiger partial charge in [0.15, 0.2) is 5.78 Å². The number of ketones is 1. The highest BCUT2D eigenvalue weighted by atomic mass is 16.1. The maximum Gasteiger partial charge on any atom is 0.323 e. The summed E-state index contributed by atoms with van der Waals surface area (Å²) in [5, 5.41) is 3.07. The summed E-state index contributed by atoms with van der Waals surface area (Å²) in [5.41, 5.74) is 1.71. The second-order valence-corrected chi connectivity index (χ2v) is 4.30. The van der Waals surface area contributed by atoms with Crippen molar-refractivity contribution in [3.8, 4) is 0 Å². The molecule has 0 aliphatic heterocycles. The summed E-state index contributed by atoms with van der Waals surface area (Å²) in [4.78, 5) is 28.2. The SMILES string of the molecule is CC(C)NCC(=O)c1ccc2[nH]c(=O)[nH]c2c1. The van der Waals surface area contributed by atoms with Crippen molar-refractivity contribution in [2.45, 2.75) is 19.9 Å². The summed E-state index contributed by atoms with van der Waals surface area (Å²) in [5.74, 6) is 0.0163. The molecule has 5 nitrogen and oxygen atoms in total. The molecule has 0 spiro atoms. The molecule has 17 heavy (non-hydrogen) atoms. The molecule has 0 bridgehead atoms. The van der Waals surface area contributed by atoms with Crippen LogP contribution in [0.25, 0.3) is 11.0 Å². The van der Waals surface area contributed by atoms with Gasteiger partial charge in [-0.15, -0.1) is 0 Å². The number of rotatable bonds is 4. The minimum Gasteiger partial charge on any atom is -0.307 e.